The van der Waals surface area contributed by atoms with E-state index in [9.17, 15) is 9.59 Å². The van der Waals surface area contributed by atoms with Gasteiger partial charge in [-0.2, -0.15) is 0 Å². The smallest absolute Gasteiger partial charge is 0.291 e. The van der Waals surface area contributed by atoms with Crippen molar-refractivity contribution in [2.45, 2.75) is 71.8 Å². The molecule has 2 aromatic rings. The molecule has 156 valence electrons. The van der Waals surface area contributed by atoms with E-state index >= 15 is 0 Å². The van der Waals surface area contributed by atoms with Gasteiger partial charge in [-0.15, -0.1) is 0 Å². The first-order valence-electron chi connectivity index (χ1n) is 10.8. The van der Waals surface area contributed by atoms with Gasteiger partial charge in [-0.25, -0.2) is 4.98 Å². The van der Waals surface area contributed by atoms with Crippen molar-refractivity contribution in [3.63, 3.8) is 0 Å². The van der Waals surface area contributed by atoms with Crippen molar-refractivity contribution in [1.29, 1.82) is 0 Å². The number of anilines is 1. The number of imidazole rings is 1. The lowest BCUT2D eigenvalue weighted by Crippen LogP contribution is -2.26. The lowest BCUT2D eigenvalue weighted by molar-refractivity contribution is 0.0947. The molecule has 6 heteroatoms. The van der Waals surface area contributed by atoms with Crippen LogP contribution >= 0.6 is 0 Å². The Bertz CT molecular complexity index is 853. The van der Waals surface area contributed by atoms with Crippen LogP contribution in [-0.4, -0.2) is 27.9 Å². The fourth-order valence-corrected chi connectivity index (χ4v) is 3.70. The summed E-state index contributed by atoms with van der Waals surface area (Å²) in [5.41, 5.74) is 3.24. The maximum absolute atomic E-state index is 12.9. The van der Waals surface area contributed by atoms with Crippen LogP contribution in [0.1, 0.15) is 91.2 Å². The minimum Gasteiger partial charge on any atom is -0.351 e. The van der Waals surface area contributed by atoms with E-state index in [2.05, 4.69) is 36.4 Å². The molecule has 2 amide bonds. The zero-order chi connectivity index (χ0) is 20.8. The second kappa shape index (κ2) is 9.72. The second-order valence-electron chi connectivity index (χ2n) is 8.03. The fourth-order valence-electron chi connectivity index (χ4n) is 3.70. The number of nitrogens with one attached hydrogen (secondary N) is 2. The maximum Gasteiger partial charge on any atom is 0.291 e. The summed E-state index contributed by atoms with van der Waals surface area (Å²) in [4.78, 5) is 30.0. The zero-order valence-electron chi connectivity index (χ0n) is 17.8. The Morgan fingerprint density at radius 3 is 2.55 bits per heavy atom. The summed E-state index contributed by atoms with van der Waals surface area (Å²) in [6, 6.07) is 7.87. The van der Waals surface area contributed by atoms with Gasteiger partial charge in [0.15, 0.2) is 5.82 Å². The van der Waals surface area contributed by atoms with Gasteiger partial charge in [0.2, 0.25) is 0 Å². The van der Waals surface area contributed by atoms with Gasteiger partial charge in [-0.1, -0.05) is 45.7 Å². The van der Waals surface area contributed by atoms with E-state index in [0.717, 1.165) is 56.5 Å². The maximum atomic E-state index is 12.9. The fraction of sp³-hybridized carbons (Fsp3) is 0.522. The summed E-state index contributed by atoms with van der Waals surface area (Å²) in [6.07, 6.45) is 5.94. The molecule has 0 saturated heterocycles. The van der Waals surface area contributed by atoms with Crippen LogP contribution in [0.4, 0.5) is 5.69 Å². The minimum absolute atomic E-state index is 0.174. The zero-order valence-corrected chi connectivity index (χ0v) is 17.8. The van der Waals surface area contributed by atoms with Crippen LogP contribution in [0, 0.1) is 0 Å². The van der Waals surface area contributed by atoms with Gasteiger partial charge >= 0.3 is 0 Å². The Labute approximate surface area is 173 Å². The van der Waals surface area contributed by atoms with Crippen molar-refractivity contribution in [3.8, 4) is 0 Å². The molecule has 1 aromatic carbocycles. The predicted molar refractivity (Wildman–Crippen MR) is 116 cm³/mol. The molecule has 0 spiro atoms. The third-order valence-electron chi connectivity index (χ3n) is 5.44. The third kappa shape index (κ3) is 5.05. The van der Waals surface area contributed by atoms with Crippen molar-refractivity contribution >= 4 is 17.5 Å². The number of unbranched alkanes of at least 4 members (excludes halogenated alkanes) is 2. The highest BCUT2D eigenvalue weighted by Crippen LogP contribution is 2.23. The van der Waals surface area contributed by atoms with Crippen molar-refractivity contribution in [2.24, 2.45) is 0 Å². The van der Waals surface area contributed by atoms with Gasteiger partial charge in [-0.05, 0) is 49.3 Å². The summed E-state index contributed by atoms with van der Waals surface area (Å²) in [5, 5.41) is 5.89. The molecule has 0 bridgehead atoms. The summed E-state index contributed by atoms with van der Waals surface area (Å²) in [5.74, 6) is 0.325. The van der Waals surface area contributed by atoms with Gasteiger partial charge in [0, 0.05) is 18.8 Å². The number of fused-ring (bicyclic) bond motifs is 1. The van der Waals surface area contributed by atoms with Gasteiger partial charge in [0.25, 0.3) is 11.8 Å². The van der Waals surface area contributed by atoms with Gasteiger partial charge in [0.05, 0.1) is 5.69 Å². The van der Waals surface area contributed by atoms with E-state index in [1.807, 2.05) is 28.8 Å². The summed E-state index contributed by atoms with van der Waals surface area (Å²) < 4.78 is 1.92. The van der Waals surface area contributed by atoms with Gasteiger partial charge in [-0.3, -0.25) is 9.59 Å². The van der Waals surface area contributed by atoms with E-state index in [1.165, 1.54) is 5.56 Å². The normalized spacial score (nSPS) is 13.2. The highest BCUT2D eigenvalue weighted by molar-refractivity contribution is 6.03. The first-order valence-corrected chi connectivity index (χ1v) is 10.8. The molecule has 2 heterocycles. The SMILES string of the molecule is CCCCCNC(=O)c1nc(C(=O)Nc2ccc(C(C)C)cc2)n2c1CCCC2. The predicted octanol–water partition coefficient (Wildman–Crippen LogP) is 4.52. The molecule has 1 aliphatic heterocycles. The van der Waals surface area contributed by atoms with E-state index in [4.69, 9.17) is 0 Å². The molecule has 0 unspecified atom stereocenters. The largest absolute Gasteiger partial charge is 0.351 e. The monoisotopic (exact) mass is 396 g/mol. The van der Waals surface area contributed by atoms with Crippen LogP contribution in [0.2, 0.25) is 0 Å². The Morgan fingerprint density at radius 2 is 1.86 bits per heavy atom. The van der Waals surface area contributed by atoms with E-state index in [0.29, 0.717) is 24.0 Å². The van der Waals surface area contributed by atoms with Crippen molar-refractivity contribution < 1.29 is 9.59 Å². The van der Waals surface area contributed by atoms with E-state index in [-0.39, 0.29) is 11.8 Å². The Kier molecular flexibility index (Phi) is 7.07. The molecule has 0 saturated carbocycles. The number of benzene rings is 1. The summed E-state index contributed by atoms with van der Waals surface area (Å²) >= 11 is 0. The van der Waals surface area contributed by atoms with Gasteiger partial charge < -0.3 is 15.2 Å². The number of hydrogen-bond acceptors (Lipinski definition) is 3. The second-order valence-corrected chi connectivity index (χ2v) is 8.03. The average Bonchev–Trinajstić information content (AvgIpc) is 3.11. The topological polar surface area (TPSA) is 76.0 Å². The molecular weight excluding hydrogens is 364 g/mol. The molecule has 1 aromatic heterocycles. The molecule has 1 aliphatic rings. The average molecular weight is 397 g/mol. The lowest BCUT2D eigenvalue weighted by Gasteiger charge is -2.17. The minimum atomic E-state index is -0.268. The Balaban J connectivity index is 1.77. The molecule has 0 atom stereocenters. The summed E-state index contributed by atoms with van der Waals surface area (Å²) in [6.45, 7) is 7.77. The first-order chi connectivity index (χ1) is 14.0. The van der Waals surface area contributed by atoms with Crippen LogP contribution in [-0.2, 0) is 13.0 Å². The van der Waals surface area contributed by atoms with Crippen molar-refractivity contribution in [2.75, 3.05) is 11.9 Å². The van der Waals surface area contributed by atoms with Crippen LogP contribution in [0.15, 0.2) is 24.3 Å². The molecule has 2 N–H and O–H groups in total. The molecule has 0 aliphatic carbocycles. The highest BCUT2D eigenvalue weighted by Gasteiger charge is 2.27. The van der Waals surface area contributed by atoms with Crippen LogP contribution in [0.5, 0.6) is 0 Å². The lowest BCUT2D eigenvalue weighted by atomic mass is 10.0. The van der Waals surface area contributed by atoms with E-state index < -0.39 is 0 Å². The third-order valence-corrected chi connectivity index (χ3v) is 5.44. The van der Waals surface area contributed by atoms with Crippen LogP contribution in [0.25, 0.3) is 0 Å². The van der Waals surface area contributed by atoms with Crippen LogP contribution < -0.4 is 10.6 Å². The highest BCUT2D eigenvalue weighted by atomic mass is 16.2. The molecule has 6 nitrogen and oxygen atoms in total. The number of hydrogen-bond donors (Lipinski definition) is 2. The number of amides is 2. The number of aromatic nitrogens is 2. The van der Waals surface area contributed by atoms with Crippen molar-refractivity contribution in [3.05, 3.63) is 47.0 Å². The van der Waals surface area contributed by atoms with Gasteiger partial charge in [0.1, 0.15) is 5.69 Å². The molecule has 0 radical (unpaired) electrons. The number of rotatable bonds is 8. The Morgan fingerprint density at radius 1 is 1.10 bits per heavy atom. The number of carbonyl (C=O) groups is 2. The summed E-state index contributed by atoms with van der Waals surface area (Å²) in [7, 11) is 0. The van der Waals surface area contributed by atoms with Crippen molar-refractivity contribution in [1.82, 2.24) is 14.9 Å². The Hall–Kier alpha value is -2.63. The quantitative estimate of drug-likeness (QED) is 0.644. The number of carbonyl (C=O) groups excluding carboxylic acids is 2. The van der Waals surface area contributed by atoms with E-state index in [1.54, 1.807) is 0 Å². The van der Waals surface area contributed by atoms with Crippen LogP contribution in [0.3, 0.4) is 0 Å². The molecule has 29 heavy (non-hydrogen) atoms. The number of nitrogens with zero attached hydrogens (tertiary/aromatic N) is 2. The standard InChI is InChI=1S/C23H32N4O2/c1-4-5-7-14-24-22(28)20-19-9-6-8-15-27(19)21(26-20)23(29)25-18-12-10-17(11-13-18)16(2)3/h10-13,16H,4-9,14-15H2,1-3H3,(H,24,28)(H,25,29). The molecular formula is C23H32N4O2. The molecule has 3 rings (SSSR count). The first kappa shape index (κ1) is 21.1. The molecule has 0 fully saturated rings.